The van der Waals surface area contributed by atoms with Gasteiger partial charge in [0, 0.05) is 7.05 Å². The van der Waals surface area contributed by atoms with Gasteiger partial charge in [0.15, 0.2) is 0 Å². The van der Waals surface area contributed by atoms with E-state index in [-0.39, 0.29) is 5.97 Å². The maximum Gasteiger partial charge on any atom is 0.410 e. The minimum absolute atomic E-state index is 0.373. The normalized spacial score (nSPS) is 11.8. The first kappa shape index (κ1) is 23.7. The molecule has 0 radical (unpaired) electrons. The maximum atomic E-state index is 12.0. The van der Waals surface area contributed by atoms with Crippen molar-refractivity contribution in [3.8, 4) is 0 Å². The van der Waals surface area contributed by atoms with E-state index in [1.165, 1.54) is 43.4 Å². The summed E-state index contributed by atoms with van der Waals surface area (Å²) in [6, 6.07) is -0.618. The van der Waals surface area contributed by atoms with Gasteiger partial charge in [-0.3, -0.25) is 4.90 Å². The van der Waals surface area contributed by atoms with Crippen molar-refractivity contribution in [2.75, 3.05) is 20.3 Å². The van der Waals surface area contributed by atoms with E-state index in [0.29, 0.717) is 13.2 Å². The molecule has 0 aromatic heterocycles. The van der Waals surface area contributed by atoms with Crippen molar-refractivity contribution >= 4 is 12.1 Å². The third-order valence-electron chi connectivity index (χ3n) is 4.43. The van der Waals surface area contributed by atoms with Crippen LogP contribution in [0.15, 0.2) is 0 Å². The van der Waals surface area contributed by atoms with Gasteiger partial charge in [0.2, 0.25) is 0 Å². The van der Waals surface area contributed by atoms with Gasteiger partial charge in [0.25, 0.3) is 0 Å². The Morgan fingerprint density at radius 3 is 1.80 bits per heavy atom. The van der Waals surface area contributed by atoms with E-state index in [1.54, 1.807) is 14.0 Å². The van der Waals surface area contributed by atoms with E-state index < -0.39 is 12.1 Å². The van der Waals surface area contributed by atoms with Crippen LogP contribution < -0.4 is 0 Å². The Bertz CT molecular complexity index is 347. The second kappa shape index (κ2) is 16.2. The zero-order valence-corrected chi connectivity index (χ0v) is 16.8. The number of carbonyl (C=O) groups excluding carboxylic acids is 2. The highest BCUT2D eigenvalue weighted by molar-refractivity contribution is 5.80. The highest BCUT2D eigenvalue weighted by atomic mass is 16.6. The van der Waals surface area contributed by atoms with E-state index in [0.717, 1.165) is 32.1 Å². The van der Waals surface area contributed by atoms with Crippen LogP contribution in [0.25, 0.3) is 0 Å². The molecule has 0 bridgehead atoms. The summed E-state index contributed by atoms with van der Waals surface area (Å²) in [6.07, 6.45) is 12.2. The fourth-order valence-corrected chi connectivity index (χ4v) is 2.46. The maximum absolute atomic E-state index is 12.0. The molecular formula is C20H39NO4. The smallest absolute Gasteiger partial charge is 0.410 e. The van der Waals surface area contributed by atoms with Crippen LogP contribution in [0.1, 0.15) is 91.4 Å². The van der Waals surface area contributed by atoms with Crippen molar-refractivity contribution in [1.29, 1.82) is 0 Å². The van der Waals surface area contributed by atoms with Gasteiger partial charge < -0.3 is 9.47 Å². The van der Waals surface area contributed by atoms with Crippen LogP contribution in [-0.4, -0.2) is 43.3 Å². The zero-order valence-electron chi connectivity index (χ0n) is 16.8. The summed E-state index contributed by atoms with van der Waals surface area (Å²) in [6.45, 7) is 6.81. The van der Waals surface area contributed by atoms with Crippen molar-refractivity contribution < 1.29 is 19.1 Å². The molecule has 5 nitrogen and oxygen atoms in total. The van der Waals surface area contributed by atoms with Gasteiger partial charge in [-0.05, 0) is 19.8 Å². The first-order valence-electron chi connectivity index (χ1n) is 10.1. The quantitative estimate of drug-likeness (QED) is 0.294. The summed E-state index contributed by atoms with van der Waals surface area (Å²) in [7, 11) is 1.58. The molecule has 1 unspecified atom stereocenters. The molecule has 0 aromatic carbocycles. The number of hydrogen-bond acceptors (Lipinski definition) is 4. The van der Waals surface area contributed by atoms with Gasteiger partial charge in [-0.1, -0.05) is 71.6 Å². The van der Waals surface area contributed by atoms with Gasteiger partial charge in [-0.15, -0.1) is 0 Å². The zero-order chi connectivity index (χ0) is 18.9. The topological polar surface area (TPSA) is 55.8 Å². The summed E-state index contributed by atoms with van der Waals surface area (Å²) in [5.41, 5.74) is 0. The van der Waals surface area contributed by atoms with Crippen molar-refractivity contribution in [2.45, 2.75) is 97.4 Å². The largest absolute Gasteiger partial charge is 0.464 e. The third kappa shape index (κ3) is 12.7. The first-order chi connectivity index (χ1) is 12.0. The number of carbonyl (C=O) groups is 2. The molecule has 148 valence electrons. The number of rotatable bonds is 15. The van der Waals surface area contributed by atoms with E-state index in [9.17, 15) is 9.59 Å². The Morgan fingerprint density at radius 2 is 1.20 bits per heavy atom. The Labute approximate surface area is 154 Å². The molecule has 25 heavy (non-hydrogen) atoms. The molecule has 1 amide bonds. The van der Waals surface area contributed by atoms with Crippen molar-refractivity contribution in [1.82, 2.24) is 4.90 Å². The van der Waals surface area contributed by atoms with Gasteiger partial charge >= 0.3 is 12.1 Å². The van der Waals surface area contributed by atoms with Gasteiger partial charge in [0.05, 0.1) is 13.2 Å². The van der Waals surface area contributed by atoms with Crippen LogP contribution in [-0.2, 0) is 14.3 Å². The number of ether oxygens (including phenoxy) is 2. The summed E-state index contributed by atoms with van der Waals surface area (Å²) in [4.78, 5) is 25.2. The van der Waals surface area contributed by atoms with E-state index >= 15 is 0 Å². The highest BCUT2D eigenvalue weighted by Gasteiger charge is 2.24. The molecule has 0 saturated heterocycles. The number of nitrogens with zero attached hydrogens (tertiary/aromatic N) is 1. The molecule has 1 atom stereocenters. The van der Waals surface area contributed by atoms with Gasteiger partial charge in [0.1, 0.15) is 6.04 Å². The van der Waals surface area contributed by atoms with Crippen molar-refractivity contribution in [2.24, 2.45) is 0 Å². The predicted octanol–water partition coefficient (Wildman–Crippen LogP) is 5.32. The lowest BCUT2D eigenvalue weighted by atomic mass is 10.1. The van der Waals surface area contributed by atoms with Crippen LogP contribution in [0.4, 0.5) is 4.79 Å². The average Bonchev–Trinajstić information content (AvgIpc) is 2.62. The van der Waals surface area contributed by atoms with E-state index in [2.05, 4.69) is 13.8 Å². The molecule has 0 N–H and O–H groups in total. The van der Waals surface area contributed by atoms with Crippen molar-refractivity contribution in [3.63, 3.8) is 0 Å². The lowest BCUT2D eigenvalue weighted by molar-refractivity contribution is -0.148. The minimum atomic E-state index is -0.618. The minimum Gasteiger partial charge on any atom is -0.464 e. The average molecular weight is 358 g/mol. The fraction of sp³-hybridized carbons (Fsp3) is 0.900. The third-order valence-corrected chi connectivity index (χ3v) is 4.43. The number of likely N-dealkylation sites (N-methyl/N-ethyl adjacent to an activating group) is 1. The molecule has 0 heterocycles. The molecule has 0 aliphatic heterocycles. The molecule has 5 heteroatoms. The monoisotopic (exact) mass is 357 g/mol. The van der Waals surface area contributed by atoms with Crippen LogP contribution >= 0.6 is 0 Å². The SMILES string of the molecule is CCCCCCCCCCOC(=O)N(C)C(C)C(=O)OCCCCC. The number of hydrogen-bond donors (Lipinski definition) is 0. The van der Waals surface area contributed by atoms with Crippen LogP contribution in [0.5, 0.6) is 0 Å². The molecule has 0 fully saturated rings. The summed E-state index contributed by atoms with van der Waals surface area (Å²) in [5.74, 6) is -0.373. The van der Waals surface area contributed by atoms with Crippen LogP contribution in [0.3, 0.4) is 0 Å². The first-order valence-corrected chi connectivity index (χ1v) is 10.1. The van der Waals surface area contributed by atoms with Gasteiger partial charge in [-0.2, -0.15) is 0 Å². The second-order valence-electron chi connectivity index (χ2n) is 6.75. The summed E-state index contributed by atoms with van der Waals surface area (Å²) >= 11 is 0. The van der Waals surface area contributed by atoms with Crippen molar-refractivity contribution in [3.05, 3.63) is 0 Å². The molecule has 0 aliphatic carbocycles. The van der Waals surface area contributed by atoms with E-state index in [4.69, 9.17) is 9.47 Å². The number of unbranched alkanes of at least 4 members (excludes halogenated alkanes) is 9. The van der Waals surface area contributed by atoms with E-state index in [1.807, 2.05) is 0 Å². The van der Waals surface area contributed by atoms with Gasteiger partial charge in [-0.25, -0.2) is 9.59 Å². The molecule has 0 aliphatic rings. The molecule has 0 saturated carbocycles. The second-order valence-corrected chi connectivity index (χ2v) is 6.75. The van der Waals surface area contributed by atoms with Crippen LogP contribution in [0, 0.1) is 0 Å². The highest BCUT2D eigenvalue weighted by Crippen LogP contribution is 2.09. The molecule has 0 rings (SSSR count). The lowest BCUT2D eigenvalue weighted by Gasteiger charge is -2.22. The Morgan fingerprint density at radius 1 is 0.760 bits per heavy atom. The Kier molecular flexibility index (Phi) is 15.4. The molecule has 0 aromatic rings. The number of amides is 1. The summed E-state index contributed by atoms with van der Waals surface area (Å²) < 4.78 is 10.4. The standard InChI is InChI=1S/C20H39NO4/c1-5-7-9-10-11-12-13-15-17-25-20(23)21(4)18(3)19(22)24-16-14-8-6-2/h18H,5-17H2,1-4H3. The van der Waals surface area contributed by atoms with Crippen LogP contribution in [0.2, 0.25) is 0 Å². The summed E-state index contributed by atoms with van der Waals surface area (Å²) in [5, 5.41) is 0. The predicted molar refractivity (Wildman–Crippen MR) is 102 cm³/mol. The number of esters is 1. The fourth-order valence-electron chi connectivity index (χ4n) is 2.46. The molecular weight excluding hydrogens is 318 g/mol. The Hall–Kier alpha value is -1.26. The lowest BCUT2D eigenvalue weighted by Crippen LogP contribution is -2.41. The Balaban J connectivity index is 3.74. The molecule has 0 spiro atoms.